The molecule has 0 unspecified atom stereocenters. The Balaban J connectivity index is 2.06. The van der Waals surface area contributed by atoms with Crippen LogP contribution in [0.25, 0.3) is 11.3 Å². The van der Waals surface area contributed by atoms with E-state index in [0.29, 0.717) is 22.6 Å². The SMILES string of the molecule is Cc1cc(Nc2cc(NC(N)=O)ncc2-c2ccn(C)n2)nc(C(C)(F)F)n1. The molecule has 0 spiro atoms. The highest BCUT2D eigenvalue weighted by molar-refractivity contribution is 5.89. The van der Waals surface area contributed by atoms with Crippen molar-refractivity contribution >= 4 is 23.4 Å². The van der Waals surface area contributed by atoms with Crippen LogP contribution >= 0.6 is 0 Å². The van der Waals surface area contributed by atoms with Crippen LogP contribution in [0.15, 0.2) is 30.6 Å². The molecule has 0 atom stereocenters. The summed E-state index contributed by atoms with van der Waals surface area (Å²) < 4.78 is 29.0. The summed E-state index contributed by atoms with van der Waals surface area (Å²) in [5.74, 6) is -3.44. The van der Waals surface area contributed by atoms with Crippen LogP contribution in [0.3, 0.4) is 0 Å². The van der Waals surface area contributed by atoms with Gasteiger partial charge >= 0.3 is 12.0 Å². The number of urea groups is 1. The van der Waals surface area contributed by atoms with E-state index in [9.17, 15) is 13.6 Å². The molecule has 146 valence electrons. The monoisotopic (exact) mass is 388 g/mol. The second-order valence-electron chi connectivity index (χ2n) is 6.21. The van der Waals surface area contributed by atoms with Crippen LogP contribution in [-0.2, 0) is 13.0 Å². The normalized spacial score (nSPS) is 11.3. The van der Waals surface area contributed by atoms with Gasteiger partial charge in [-0.05, 0) is 13.0 Å². The van der Waals surface area contributed by atoms with E-state index >= 15 is 0 Å². The molecular weight excluding hydrogens is 370 g/mol. The van der Waals surface area contributed by atoms with Gasteiger partial charge in [-0.3, -0.25) is 10.00 Å². The van der Waals surface area contributed by atoms with E-state index in [4.69, 9.17) is 5.73 Å². The minimum absolute atomic E-state index is 0.164. The summed E-state index contributed by atoms with van der Waals surface area (Å²) in [6.45, 7) is 2.32. The van der Waals surface area contributed by atoms with Crippen molar-refractivity contribution in [2.45, 2.75) is 19.8 Å². The average molecular weight is 388 g/mol. The lowest BCUT2D eigenvalue weighted by atomic mass is 10.1. The third-order valence-electron chi connectivity index (χ3n) is 3.65. The molecule has 11 heteroatoms. The number of carbonyl (C=O) groups excluding carboxylic acids is 1. The zero-order chi connectivity index (χ0) is 20.5. The van der Waals surface area contributed by atoms with Crippen molar-refractivity contribution in [1.82, 2.24) is 24.7 Å². The van der Waals surface area contributed by atoms with Crippen molar-refractivity contribution in [3.8, 4) is 11.3 Å². The van der Waals surface area contributed by atoms with Gasteiger partial charge in [-0.15, -0.1) is 0 Å². The van der Waals surface area contributed by atoms with Gasteiger partial charge in [-0.2, -0.15) is 13.9 Å². The number of primary amides is 1. The van der Waals surface area contributed by atoms with Crippen LogP contribution in [0.4, 0.5) is 30.9 Å². The summed E-state index contributed by atoms with van der Waals surface area (Å²) in [6, 6.07) is 4.02. The van der Waals surface area contributed by atoms with Crippen LogP contribution in [0.5, 0.6) is 0 Å². The third kappa shape index (κ3) is 4.37. The number of aromatic nitrogens is 5. The summed E-state index contributed by atoms with van der Waals surface area (Å²) in [5, 5.41) is 9.67. The molecule has 0 saturated heterocycles. The number of aryl methyl sites for hydroxylation is 2. The Morgan fingerprint density at radius 3 is 2.61 bits per heavy atom. The Kier molecular flexibility index (Phi) is 4.91. The molecule has 0 radical (unpaired) electrons. The van der Waals surface area contributed by atoms with Crippen LogP contribution in [0.1, 0.15) is 18.4 Å². The van der Waals surface area contributed by atoms with E-state index in [2.05, 4.69) is 30.7 Å². The highest BCUT2D eigenvalue weighted by atomic mass is 19.3. The quantitative estimate of drug-likeness (QED) is 0.617. The minimum Gasteiger partial charge on any atom is -0.351 e. The van der Waals surface area contributed by atoms with Crippen molar-refractivity contribution in [3.63, 3.8) is 0 Å². The largest absolute Gasteiger partial charge is 0.351 e. The molecule has 9 nitrogen and oxygen atoms in total. The number of alkyl halides is 2. The van der Waals surface area contributed by atoms with Crippen LogP contribution < -0.4 is 16.4 Å². The second kappa shape index (κ2) is 7.18. The first-order valence-corrected chi connectivity index (χ1v) is 8.19. The summed E-state index contributed by atoms with van der Waals surface area (Å²) in [4.78, 5) is 22.9. The minimum atomic E-state index is -3.19. The Labute approximate surface area is 159 Å². The van der Waals surface area contributed by atoms with Gasteiger partial charge in [-0.25, -0.2) is 19.7 Å². The molecule has 3 heterocycles. The van der Waals surface area contributed by atoms with E-state index in [0.717, 1.165) is 6.92 Å². The molecule has 0 saturated carbocycles. The predicted molar refractivity (Wildman–Crippen MR) is 99.3 cm³/mol. The summed E-state index contributed by atoms with van der Waals surface area (Å²) in [7, 11) is 1.76. The van der Waals surface area contributed by atoms with E-state index in [1.54, 1.807) is 30.9 Å². The van der Waals surface area contributed by atoms with Crippen molar-refractivity contribution in [2.75, 3.05) is 10.6 Å². The summed E-state index contributed by atoms with van der Waals surface area (Å²) >= 11 is 0. The summed E-state index contributed by atoms with van der Waals surface area (Å²) in [5.41, 5.74) is 7.13. The number of hydrogen-bond acceptors (Lipinski definition) is 6. The topological polar surface area (TPSA) is 124 Å². The fourth-order valence-corrected chi connectivity index (χ4v) is 2.48. The Bertz CT molecular complexity index is 1030. The fraction of sp³-hybridized carbons (Fsp3) is 0.235. The molecular formula is C17H18F2N8O. The third-order valence-corrected chi connectivity index (χ3v) is 3.65. The van der Waals surface area contributed by atoms with E-state index < -0.39 is 17.8 Å². The smallest absolute Gasteiger partial charge is 0.317 e. The van der Waals surface area contributed by atoms with Gasteiger partial charge in [0.25, 0.3) is 0 Å². The van der Waals surface area contributed by atoms with Gasteiger partial charge in [-0.1, -0.05) is 0 Å². The number of pyridine rings is 1. The lowest BCUT2D eigenvalue weighted by Gasteiger charge is -2.15. The van der Waals surface area contributed by atoms with Gasteiger partial charge < -0.3 is 11.1 Å². The average Bonchev–Trinajstić information content (AvgIpc) is 2.99. The van der Waals surface area contributed by atoms with Gasteiger partial charge in [0, 0.05) is 49.8 Å². The van der Waals surface area contributed by atoms with Crippen molar-refractivity contribution in [1.29, 1.82) is 0 Å². The number of halogens is 2. The number of carbonyl (C=O) groups is 1. The van der Waals surface area contributed by atoms with Crippen molar-refractivity contribution in [3.05, 3.63) is 42.1 Å². The number of hydrogen-bond donors (Lipinski definition) is 3. The van der Waals surface area contributed by atoms with Gasteiger partial charge in [0.1, 0.15) is 11.6 Å². The van der Waals surface area contributed by atoms with Crippen LogP contribution in [0, 0.1) is 6.92 Å². The number of nitrogens with zero attached hydrogens (tertiary/aromatic N) is 5. The van der Waals surface area contributed by atoms with E-state index in [1.165, 1.54) is 18.3 Å². The Morgan fingerprint density at radius 1 is 1.25 bits per heavy atom. The molecule has 4 N–H and O–H groups in total. The molecule has 0 fully saturated rings. The maximum atomic E-state index is 13.7. The molecule has 3 aromatic rings. The van der Waals surface area contributed by atoms with Crippen molar-refractivity contribution in [2.24, 2.45) is 12.8 Å². The maximum absolute atomic E-state index is 13.7. The van der Waals surface area contributed by atoms with Crippen LogP contribution in [0.2, 0.25) is 0 Å². The number of rotatable bonds is 5. The zero-order valence-corrected chi connectivity index (χ0v) is 15.4. The molecule has 0 bridgehead atoms. The van der Waals surface area contributed by atoms with Gasteiger partial charge in [0.15, 0.2) is 0 Å². The predicted octanol–water partition coefficient (Wildman–Crippen LogP) is 2.93. The molecule has 3 aromatic heterocycles. The highest BCUT2D eigenvalue weighted by Gasteiger charge is 2.29. The first-order chi connectivity index (χ1) is 13.1. The highest BCUT2D eigenvalue weighted by Crippen LogP contribution is 2.31. The van der Waals surface area contributed by atoms with Gasteiger partial charge in [0.2, 0.25) is 5.82 Å². The summed E-state index contributed by atoms with van der Waals surface area (Å²) in [6.07, 6.45) is 3.23. The molecule has 0 aliphatic carbocycles. The number of nitrogens with two attached hydrogens (primary N) is 1. The molecule has 2 amide bonds. The number of amides is 2. The van der Waals surface area contributed by atoms with E-state index in [1.807, 2.05) is 0 Å². The lowest BCUT2D eigenvalue weighted by Crippen LogP contribution is -2.20. The second-order valence-corrected chi connectivity index (χ2v) is 6.21. The fourth-order valence-electron chi connectivity index (χ4n) is 2.48. The van der Waals surface area contributed by atoms with Crippen LogP contribution in [-0.4, -0.2) is 30.8 Å². The van der Waals surface area contributed by atoms with Gasteiger partial charge in [0.05, 0.1) is 11.4 Å². The lowest BCUT2D eigenvalue weighted by molar-refractivity contribution is 0.00766. The first kappa shape index (κ1) is 19.1. The number of anilines is 3. The van der Waals surface area contributed by atoms with Crippen molar-refractivity contribution < 1.29 is 13.6 Å². The molecule has 3 rings (SSSR count). The molecule has 0 aliphatic heterocycles. The molecule has 0 aliphatic rings. The number of nitrogens with one attached hydrogen (secondary N) is 2. The first-order valence-electron chi connectivity index (χ1n) is 8.19. The standard InChI is InChI=1S/C17H18F2N8O/c1-9-6-14(24-15(22-9)17(2,18)19)23-12-7-13(25-16(20)28)21-8-10(12)11-4-5-27(3)26-11/h4-8H,1-3H3,(H4,20,21,22,23,24,25,28). The maximum Gasteiger partial charge on any atom is 0.317 e. The molecule has 0 aromatic carbocycles. The Morgan fingerprint density at radius 2 is 2.00 bits per heavy atom. The van der Waals surface area contributed by atoms with E-state index in [-0.39, 0.29) is 11.6 Å². The zero-order valence-electron chi connectivity index (χ0n) is 15.4. The molecule has 28 heavy (non-hydrogen) atoms. The Hall–Kier alpha value is -3.63.